The van der Waals surface area contributed by atoms with E-state index in [1.165, 1.54) is 26.0 Å². The van der Waals surface area contributed by atoms with Gasteiger partial charge >= 0.3 is 12.1 Å². The van der Waals surface area contributed by atoms with E-state index in [0.29, 0.717) is 42.7 Å². The fraction of sp³-hybridized carbons (Fsp3) is 0.444. The monoisotopic (exact) mass is 517 g/mol. The molecule has 0 spiro atoms. The van der Waals surface area contributed by atoms with Crippen LogP contribution in [0.5, 0.6) is 5.75 Å². The van der Waals surface area contributed by atoms with Gasteiger partial charge in [0.15, 0.2) is 5.60 Å². The number of rotatable bonds is 10. The molecule has 1 aromatic heterocycles. The first-order chi connectivity index (χ1) is 17.5. The number of aromatic nitrogens is 2. The number of carbonyl (C=O) groups is 1. The van der Waals surface area contributed by atoms with Crippen LogP contribution in [0.1, 0.15) is 68.0 Å². The van der Waals surface area contributed by atoms with Crippen molar-refractivity contribution in [2.75, 3.05) is 11.4 Å². The second-order valence-electron chi connectivity index (χ2n) is 9.84. The average Bonchev–Trinajstić information content (AvgIpc) is 3.54. The Balaban J connectivity index is 1.48. The number of hydrogen-bond acceptors (Lipinski definition) is 6. The Bertz CT molecular complexity index is 1180. The molecule has 37 heavy (non-hydrogen) atoms. The highest BCUT2D eigenvalue weighted by molar-refractivity contribution is 5.76. The van der Waals surface area contributed by atoms with E-state index in [9.17, 15) is 23.1 Å². The lowest BCUT2D eigenvalue weighted by molar-refractivity contribution is -0.152. The van der Waals surface area contributed by atoms with Gasteiger partial charge in [-0.25, -0.2) is 4.79 Å². The highest BCUT2D eigenvalue weighted by Gasteiger charge is 2.31. The molecule has 0 amide bonds. The molecule has 0 aliphatic heterocycles. The number of benzene rings is 2. The van der Waals surface area contributed by atoms with E-state index in [1.807, 2.05) is 17.0 Å². The number of nitrogens with zero attached hydrogens (tertiary/aromatic N) is 3. The first kappa shape index (κ1) is 26.5. The number of hydrogen-bond donors (Lipinski definition) is 1. The minimum absolute atomic E-state index is 0.247. The average molecular weight is 518 g/mol. The van der Waals surface area contributed by atoms with E-state index in [0.717, 1.165) is 43.4 Å². The molecule has 0 radical (unpaired) electrons. The third kappa shape index (κ3) is 6.81. The first-order valence-corrected chi connectivity index (χ1v) is 12.3. The molecule has 0 atom stereocenters. The minimum Gasteiger partial charge on any atom is -0.478 e. The van der Waals surface area contributed by atoms with Gasteiger partial charge in [-0.1, -0.05) is 37.1 Å². The van der Waals surface area contributed by atoms with Crippen LogP contribution < -0.4 is 9.64 Å². The maximum atomic E-state index is 13.0. The zero-order valence-corrected chi connectivity index (χ0v) is 20.8. The Morgan fingerprint density at radius 2 is 1.68 bits per heavy atom. The molecule has 1 aliphatic carbocycles. The lowest BCUT2D eigenvalue weighted by Gasteiger charge is -2.22. The molecule has 198 valence electrons. The van der Waals surface area contributed by atoms with Crippen LogP contribution >= 0.6 is 0 Å². The quantitative estimate of drug-likeness (QED) is 0.341. The van der Waals surface area contributed by atoms with Crippen LogP contribution in [0.2, 0.25) is 0 Å². The number of ether oxygens (including phenoxy) is 1. The van der Waals surface area contributed by atoms with Crippen molar-refractivity contribution in [2.24, 2.45) is 0 Å². The standard InChI is InChI=1S/C27H30F3N3O4/c1-26(2,24(34)35)36-22-13-9-18(10-14-22)15-16-33(17-19-7-11-21(12-8-19)27(28,29)30)25-31-23(37-32-25)20-5-3-4-6-20/h7-14,20H,3-6,15-17H2,1-2H3,(H,34,35). The van der Waals surface area contributed by atoms with Crippen molar-refractivity contribution in [3.63, 3.8) is 0 Å². The van der Waals surface area contributed by atoms with Crippen LogP contribution in [-0.4, -0.2) is 33.4 Å². The van der Waals surface area contributed by atoms with Gasteiger partial charge in [0.1, 0.15) is 5.75 Å². The van der Waals surface area contributed by atoms with Crippen LogP contribution in [0.3, 0.4) is 0 Å². The summed E-state index contributed by atoms with van der Waals surface area (Å²) in [7, 11) is 0. The zero-order chi connectivity index (χ0) is 26.6. The van der Waals surface area contributed by atoms with Gasteiger partial charge in [-0.05, 0) is 73.7 Å². The van der Waals surface area contributed by atoms with Crippen LogP contribution in [0.4, 0.5) is 19.1 Å². The molecule has 1 fully saturated rings. The normalized spacial score (nSPS) is 14.6. The van der Waals surface area contributed by atoms with Crippen molar-refractivity contribution in [1.82, 2.24) is 10.1 Å². The van der Waals surface area contributed by atoms with Crippen LogP contribution in [0.15, 0.2) is 53.1 Å². The molecule has 0 unspecified atom stereocenters. The number of alkyl halides is 3. The molecular formula is C27H30F3N3O4. The Hall–Kier alpha value is -3.56. The summed E-state index contributed by atoms with van der Waals surface area (Å²) in [6, 6.07) is 12.2. The van der Waals surface area contributed by atoms with E-state index < -0.39 is 23.3 Å². The molecule has 3 aromatic rings. The van der Waals surface area contributed by atoms with Gasteiger partial charge in [0.05, 0.1) is 5.56 Å². The fourth-order valence-electron chi connectivity index (χ4n) is 4.29. The Morgan fingerprint density at radius 3 is 2.27 bits per heavy atom. The smallest absolute Gasteiger partial charge is 0.416 e. The molecule has 0 saturated heterocycles. The number of aliphatic carboxylic acids is 1. The summed E-state index contributed by atoms with van der Waals surface area (Å²) >= 11 is 0. The predicted molar refractivity (Wildman–Crippen MR) is 130 cm³/mol. The first-order valence-electron chi connectivity index (χ1n) is 12.3. The van der Waals surface area contributed by atoms with Crippen molar-refractivity contribution in [1.29, 1.82) is 0 Å². The van der Waals surface area contributed by atoms with Gasteiger partial charge in [-0.15, -0.1) is 0 Å². The highest BCUT2D eigenvalue weighted by Crippen LogP contribution is 2.34. The molecule has 7 nitrogen and oxygen atoms in total. The van der Waals surface area contributed by atoms with Gasteiger partial charge in [0.25, 0.3) is 5.95 Å². The fourth-order valence-corrected chi connectivity index (χ4v) is 4.29. The molecular weight excluding hydrogens is 487 g/mol. The molecule has 1 saturated carbocycles. The second-order valence-corrected chi connectivity index (χ2v) is 9.84. The largest absolute Gasteiger partial charge is 0.478 e. The summed E-state index contributed by atoms with van der Waals surface area (Å²) in [5.74, 6) is 0.638. The summed E-state index contributed by atoms with van der Waals surface area (Å²) in [5, 5.41) is 13.4. The summed E-state index contributed by atoms with van der Waals surface area (Å²) in [6.45, 7) is 3.77. The number of carboxylic acids is 1. The van der Waals surface area contributed by atoms with E-state index >= 15 is 0 Å². The van der Waals surface area contributed by atoms with Crippen molar-refractivity contribution < 1.29 is 32.3 Å². The molecule has 1 aliphatic rings. The van der Waals surface area contributed by atoms with Gasteiger partial charge in [0.2, 0.25) is 5.89 Å². The van der Waals surface area contributed by atoms with Crippen LogP contribution in [-0.2, 0) is 23.9 Å². The number of anilines is 1. The van der Waals surface area contributed by atoms with E-state index in [4.69, 9.17) is 9.26 Å². The number of carboxylic acid groups (broad SMARTS) is 1. The Morgan fingerprint density at radius 1 is 1.05 bits per heavy atom. The summed E-state index contributed by atoms with van der Waals surface area (Å²) < 4.78 is 50.1. The molecule has 1 N–H and O–H groups in total. The summed E-state index contributed by atoms with van der Waals surface area (Å²) in [4.78, 5) is 17.8. The van der Waals surface area contributed by atoms with E-state index in [-0.39, 0.29) is 5.92 Å². The van der Waals surface area contributed by atoms with Crippen molar-refractivity contribution in [3.05, 3.63) is 71.1 Å². The van der Waals surface area contributed by atoms with Crippen molar-refractivity contribution in [2.45, 2.75) is 70.2 Å². The molecule has 4 rings (SSSR count). The lowest BCUT2D eigenvalue weighted by Crippen LogP contribution is -2.37. The van der Waals surface area contributed by atoms with E-state index in [2.05, 4.69) is 10.1 Å². The number of halogens is 3. The highest BCUT2D eigenvalue weighted by atomic mass is 19.4. The Labute approximate surface area is 213 Å². The van der Waals surface area contributed by atoms with Crippen molar-refractivity contribution in [3.8, 4) is 5.75 Å². The molecule has 1 heterocycles. The van der Waals surface area contributed by atoms with Gasteiger partial charge in [-0.3, -0.25) is 0 Å². The Kier molecular flexibility index (Phi) is 7.75. The molecule has 0 bridgehead atoms. The van der Waals surface area contributed by atoms with Crippen molar-refractivity contribution >= 4 is 11.9 Å². The van der Waals surface area contributed by atoms with Gasteiger partial charge in [0, 0.05) is 19.0 Å². The topological polar surface area (TPSA) is 88.7 Å². The van der Waals surface area contributed by atoms with E-state index in [1.54, 1.807) is 12.1 Å². The lowest BCUT2D eigenvalue weighted by atomic mass is 10.1. The SMILES string of the molecule is CC(C)(Oc1ccc(CCN(Cc2ccc(C(F)(F)F)cc2)c2noc(C3CCCC3)n2)cc1)C(=O)O. The third-order valence-corrected chi connectivity index (χ3v) is 6.55. The van der Waals surface area contributed by atoms with Crippen LogP contribution in [0.25, 0.3) is 0 Å². The maximum absolute atomic E-state index is 13.0. The molecule has 2 aromatic carbocycles. The summed E-state index contributed by atoms with van der Waals surface area (Å²) in [6.07, 6.45) is 0.470. The third-order valence-electron chi connectivity index (χ3n) is 6.55. The van der Waals surface area contributed by atoms with Crippen LogP contribution in [0, 0.1) is 0 Å². The van der Waals surface area contributed by atoms with Gasteiger partial charge in [-0.2, -0.15) is 18.2 Å². The maximum Gasteiger partial charge on any atom is 0.416 e. The summed E-state index contributed by atoms with van der Waals surface area (Å²) in [5.41, 5.74) is -0.383. The predicted octanol–water partition coefficient (Wildman–Crippen LogP) is 6.24. The zero-order valence-electron chi connectivity index (χ0n) is 20.8. The second kappa shape index (κ2) is 10.8. The van der Waals surface area contributed by atoms with Gasteiger partial charge < -0.3 is 19.3 Å². The molecule has 10 heteroatoms. The minimum atomic E-state index is -4.39.